The molecule has 0 aliphatic carbocycles. The van der Waals surface area contributed by atoms with Gasteiger partial charge in [0.2, 0.25) is 35.4 Å². The highest BCUT2D eigenvalue weighted by atomic mass is 32.1. The largest absolute Gasteiger partial charge is 0.370 e. The molecule has 44 heavy (non-hydrogen) atoms. The summed E-state index contributed by atoms with van der Waals surface area (Å²) in [7, 11) is 0. The lowest BCUT2D eigenvalue weighted by Gasteiger charge is -2.29. The van der Waals surface area contributed by atoms with Gasteiger partial charge in [0.1, 0.15) is 30.2 Å². The molecule has 0 aromatic rings. The maximum absolute atomic E-state index is 13.5. The molecule has 6 amide bonds. The maximum Gasteiger partial charge on any atom is 0.244 e. The zero-order chi connectivity index (χ0) is 34.0. The Kier molecular flexibility index (Phi) is 19.9. The van der Waals surface area contributed by atoms with Crippen LogP contribution in [0.5, 0.6) is 0 Å². The summed E-state index contributed by atoms with van der Waals surface area (Å²) in [5, 5.41) is 12.9. The first-order valence-electron chi connectivity index (χ1n) is 14.4. The topological polar surface area (TPSA) is 279 Å². The number of amides is 6. The van der Waals surface area contributed by atoms with E-state index in [-0.39, 0.29) is 49.3 Å². The van der Waals surface area contributed by atoms with Crippen LogP contribution >= 0.6 is 25.3 Å². The second-order valence-corrected chi connectivity index (χ2v) is 11.1. The number of carbonyl (C=O) groups excluding carboxylic acids is 6. The predicted octanol–water partition coefficient (Wildman–Crippen LogP) is -3.14. The van der Waals surface area contributed by atoms with Crippen LogP contribution in [-0.2, 0) is 28.8 Å². The average molecular weight is 663 g/mol. The standard InChI is InChI=1S/C26H50N10O6S2/c1-5-13(3)19(21(28)38)35-24(41)17(12-44)34-25(42)20(14(4)6-2)36-22(39)15(8-7-9-31-26(29)30)33-23(40)16(11-43)32-18(37)10-27/h13-17,19-20,43-44H,5-12,27H2,1-4H3,(H2,28,38)(H,32,37)(H,33,40)(H,34,42)(H,35,41)(H,36,39)(H4,29,30,31)/t13-,14-,15-,16-,17-,19-,20-/m0/s1. The van der Waals surface area contributed by atoms with Crippen molar-refractivity contribution >= 4 is 66.7 Å². The van der Waals surface area contributed by atoms with Gasteiger partial charge in [0.25, 0.3) is 0 Å². The highest BCUT2D eigenvalue weighted by Gasteiger charge is 2.34. The fraction of sp³-hybridized carbons (Fsp3) is 0.731. The van der Waals surface area contributed by atoms with Crippen molar-refractivity contribution < 1.29 is 28.8 Å². The molecule has 7 atom stereocenters. The van der Waals surface area contributed by atoms with Crippen LogP contribution < -0.4 is 49.5 Å². The van der Waals surface area contributed by atoms with Crippen molar-refractivity contribution in [3.05, 3.63) is 0 Å². The van der Waals surface area contributed by atoms with Gasteiger partial charge in [0.05, 0.1) is 6.54 Å². The van der Waals surface area contributed by atoms with Gasteiger partial charge in [0, 0.05) is 18.1 Å². The second kappa shape index (κ2) is 21.5. The molecule has 0 heterocycles. The van der Waals surface area contributed by atoms with E-state index in [4.69, 9.17) is 22.9 Å². The van der Waals surface area contributed by atoms with Crippen LogP contribution in [0.1, 0.15) is 53.4 Å². The van der Waals surface area contributed by atoms with Crippen LogP contribution in [-0.4, -0.2) is 96.2 Å². The zero-order valence-electron chi connectivity index (χ0n) is 25.8. The SMILES string of the molecule is CC[C@H](C)[C@H](NC(=O)[C@H](CS)NC(=O)[C@@H](NC(=O)[C@H](CCCN=C(N)N)NC(=O)[C@H](CS)NC(=O)CN)[C@@H](C)CC)C(N)=O. The smallest absolute Gasteiger partial charge is 0.244 e. The average Bonchev–Trinajstić information content (AvgIpc) is 2.99. The molecule has 0 aliphatic heterocycles. The molecule has 0 rings (SSSR count). The van der Waals surface area contributed by atoms with Crippen molar-refractivity contribution in [2.24, 2.45) is 39.8 Å². The van der Waals surface area contributed by atoms with Gasteiger partial charge in [-0.2, -0.15) is 25.3 Å². The van der Waals surface area contributed by atoms with Crippen molar-refractivity contribution in [2.75, 3.05) is 24.6 Å². The summed E-state index contributed by atoms with van der Waals surface area (Å²) in [6.07, 6.45) is 1.42. The minimum absolute atomic E-state index is 0.0708. The molecule has 0 saturated heterocycles. The minimum Gasteiger partial charge on any atom is -0.370 e. The molecule has 0 aromatic heterocycles. The Morgan fingerprint density at radius 3 is 1.61 bits per heavy atom. The zero-order valence-corrected chi connectivity index (χ0v) is 27.6. The highest BCUT2D eigenvalue weighted by molar-refractivity contribution is 7.80. The lowest BCUT2D eigenvalue weighted by atomic mass is 9.96. The van der Waals surface area contributed by atoms with Crippen molar-refractivity contribution in [3.8, 4) is 0 Å². The third kappa shape index (κ3) is 14.5. The number of nitrogens with one attached hydrogen (secondary N) is 5. The van der Waals surface area contributed by atoms with E-state index < -0.39 is 71.6 Å². The van der Waals surface area contributed by atoms with Gasteiger partial charge >= 0.3 is 0 Å². The Morgan fingerprint density at radius 1 is 0.682 bits per heavy atom. The second-order valence-electron chi connectivity index (χ2n) is 10.4. The first-order chi connectivity index (χ1) is 20.7. The lowest BCUT2D eigenvalue weighted by molar-refractivity contribution is -0.135. The highest BCUT2D eigenvalue weighted by Crippen LogP contribution is 2.11. The third-order valence-electron chi connectivity index (χ3n) is 7.02. The Morgan fingerprint density at radius 2 is 1.14 bits per heavy atom. The molecule has 0 saturated carbocycles. The Hall–Kier alpha value is -3.25. The van der Waals surface area contributed by atoms with Gasteiger partial charge in [-0.15, -0.1) is 0 Å². The molecule has 0 unspecified atom stereocenters. The summed E-state index contributed by atoms with van der Waals surface area (Å²) >= 11 is 8.28. The molecule has 18 heteroatoms. The minimum atomic E-state index is -1.15. The molecule has 252 valence electrons. The van der Waals surface area contributed by atoms with E-state index in [2.05, 4.69) is 56.8 Å². The molecule has 0 radical (unpaired) electrons. The van der Waals surface area contributed by atoms with E-state index in [0.29, 0.717) is 12.8 Å². The van der Waals surface area contributed by atoms with E-state index in [1.807, 2.05) is 13.8 Å². The van der Waals surface area contributed by atoms with Gasteiger partial charge < -0.3 is 49.5 Å². The fourth-order valence-corrected chi connectivity index (χ4v) is 4.40. The van der Waals surface area contributed by atoms with Crippen LogP contribution in [0.3, 0.4) is 0 Å². The summed E-state index contributed by atoms with van der Waals surface area (Å²) in [6.45, 7) is 6.97. The quantitative estimate of drug-likeness (QED) is 0.0256. The Bertz CT molecular complexity index is 1010. The van der Waals surface area contributed by atoms with Crippen LogP contribution in [0.4, 0.5) is 0 Å². The van der Waals surface area contributed by atoms with E-state index >= 15 is 0 Å². The molecular formula is C26H50N10O6S2. The van der Waals surface area contributed by atoms with Crippen molar-refractivity contribution in [2.45, 2.75) is 83.6 Å². The number of hydrogen-bond donors (Lipinski definition) is 11. The molecule has 0 fully saturated rings. The van der Waals surface area contributed by atoms with E-state index in [0.717, 1.165) is 0 Å². The van der Waals surface area contributed by atoms with E-state index in [1.165, 1.54) is 0 Å². The predicted molar refractivity (Wildman–Crippen MR) is 174 cm³/mol. The van der Waals surface area contributed by atoms with Crippen LogP contribution in [0.25, 0.3) is 0 Å². The number of nitrogens with two attached hydrogens (primary N) is 4. The van der Waals surface area contributed by atoms with Gasteiger partial charge in [-0.3, -0.25) is 33.8 Å². The summed E-state index contributed by atoms with van der Waals surface area (Å²) in [4.78, 5) is 80.3. The Labute approximate surface area is 269 Å². The Balaban J connectivity index is 5.94. The monoisotopic (exact) mass is 662 g/mol. The number of aliphatic imine (C=N–C) groups is 1. The summed E-state index contributed by atoms with van der Waals surface area (Å²) < 4.78 is 0. The van der Waals surface area contributed by atoms with Gasteiger partial charge in [-0.05, 0) is 24.7 Å². The van der Waals surface area contributed by atoms with Gasteiger partial charge in [-0.1, -0.05) is 40.5 Å². The summed E-state index contributed by atoms with van der Waals surface area (Å²) in [5.41, 5.74) is 21.5. The normalized spacial score (nSPS) is 15.6. The van der Waals surface area contributed by atoms with Gasteiger partial charge in [0.15, 0.2) is 5.96 Å². The number of rotatable bonds is 21. The number of primary amides is 1. The number of hydrogen-bond acceptors (Lipinski definition) is 10. The maximum atomic E-state index is 13.5. The van der Waals surface area contributed by atoms with Crippen molar-refractivity contribution in [3.63, 3.8) is 0 Å². The van der Waals surface area contributed by atoms with Crippen molar-refractivity contribution in [1.29, 1.82) is 0 Å². The first kappa shape index (κ1) is 40.8. The fourth-order valence-electron chi connectivity index (χ4n) is 3.89. The van der Waals surface area contributed by atoms with E-state index in [9.17, 15) is 28.8 Å². The number of carbonyl (C=O) groups is 6. The molecule has 0 spiro atoms. The number of thiol groups is 2. The number of nitrogens with zero attached hydrogens (tertiary/aromatic N) is 1. The van der Waals surface area contributed by atoms with Crippen LogP contribution in [0.15, 0.2) is 4.99 Å². The summed E-state index contributed by atoms with van der Waals surface area (Å²) in [6, 6.07) is -5.43. The third-order valence-corrected chi connectivity index (χ3v) is 7.75. The molecular weight excluding hydrogens is 612 g/mol. The molecule has 0 aromatic carbocycles. The lowest BCUT2D eigenvalue weighted by Crippen LogP contribution is -2.61. The van der Waals surface area contributed by atoms with Gasteiger partial charge in [-0.25, -0.2) is 0 Å². The van der Waals surface area contributed by atoms with Crippen LogP contribution in [0, 0.1) is 11.8 Å². The molecule has 0 aliphatic rings. The number of guanidine groups is 1. The van der Waals surface area contributed by atoms with Crippen LogP contribution in [0.2, 0.25) is 0 Å². The molecule has 13 N–H and O–H groups in total. The molecule has 0 bridgehead atoms. The van der Waals surface area contributed by atoms with Crippen molar-refractivity contribution in [1.82, 2.24) is 26.6 Å². The van der Waals surface area contributed by atoms with E-state index in [1.54, 1.807) is 13.8 Å². The summed E-state index contributed by atoms with van der Waals surface area (Å²) in [5.74, 6) is -4.96. The first-order valence-corrected chi connectivity index (χ1v) is 15.7. The molecule has 16 nitrogen and oxygen atoms in total.